The highest BCUT2D eigenvalue weighted by Gasteiger charge is 2.18. The lowest BCUT2D eigenvalue weighted by Crippen LogP contribution is -2.45. The maximum Gasteiger partial charge on any atom is 0.317 e. The van der Waals surface area contributed by atoms with Gasteiger partial charge in [0.1, 0.15) is 0 Å². The molecule has 0 aliphatic carbocycles. The number of hydrogen-bond donors (Lipinski definition) is 5. The Morgan fingerprint density at radius 1 is 0.500 bits per heavy atom. The molecule has 220 valence electrons. The average molecular weight is 546 g/mol. The van der Waals surface area contributed by atoms with Crippen molar-refractivity contribution in [3.8, 4) is 0 Å². The fourth-order valence-electron chi connectivity index (χ4n) is 3.80. The summed E-state index contributed by atoms with van der Waals surface area (Å²) in [6, 6.07) is 0. The Hall–Kier alpha value is -2.77. The lowest BCUT2D eigenvalue weighted by molar-refractivity contribution is -0.141. The Kier molecular flexibility index (Phi) is 20.6. The van der Waals surface area contributed by atoms with Crippen LogP contribution < -0.4 is 10.6 Å². The number of unbranched alkanes of at least 4 members (excludes halogenated alkanes) is 4. The van der Waals surface area contributed by atoms with E-state index in [4.69, 9.17) is 0 Å². The van der Waals surface area contributed by atoms with E-state index in [9.17, 15) is 39.3 Å². The van der Waals surface area contributed by atoms with Crippen molar-refractivity contribution in [1.82, 2.24) is 25.3 Å². The molecule has 0 aliphatic heterocycles. The summed E-state index contributed by atoms with van der Waals surface area (Å²) >= 11 is 0. The molecule has 0 aromatic rings. The van der Waals surface area contributed by atoms with Gasteiger partial charge in [-0.2, -0.15) is 0 Å². The van der Waals surface area contributed by atoms with Crippen LogP contribution in [0.25, 0.3) is 0 Å². The second kappa shape index (κ2) is 22.2. The second-order valence-electron chi connectivity index (χ2n) is 9.35. The maximum absolute atomic E-state index is 12.2. The molecule has 0 heterocycles. The molecule has 0 atom stereocenters. The molecule has 2 amide bonds. The van der Waals surface area contributed by atoms with Crippen LogP contribution in [0.5, 0.6) is 0 Å². The van der Waals surface area contributed by atoms with E-state index < -0.39 is 17.9 Å². The molecule has 0 aromatic carbocycles. The summed E-state index contributed by atoms with van der Waals surface area (Å²) in [6.07, 6.45) is 6.11. The van der Waals surface area contributed by atoms with Crippen LogP contribution in [0.4, 0.5) is 0 Å². The van der Waals surface area contributed by atoms with Gasteiger partial charge in [0, 0.05) is 39.3 Å². The molecule has 38 heavy (non-hydrogen) atoms. The molecule has 0 radical (unpaired) electrons. The zero-order chi connectivity index (χ0) is 28.8. The monoisotopic (exact) mass is 545 g/mol. The van der Waals surface area contributed by atoms with Crippen molar-refractivity contribution >= 4 is 29.7 Å². The van der Waals surface area contributed by atoms with E-state index in [0.717, 1.165) is 38.5 Å². The van der Waals surface area contributed by atoms with E-state index in [1.807, 2.05) is 0 Å². The molecule has 0 spiro atoms. The minimum Gasteiger partial charge on any atom is -0.480 e. The molecule has 5 N–H and O–H groups in total. The fraction of sp³-hybridized carbons (Fsp3) is 0.800. The van der Waals surface area contributed by atoms with E-state index in [1.165, 1.54) is 9.80 Å². The number of carbonyl (C=O) groups is 5. The third-order valence-electron chi connectivity index (χ3n) is 5.70. The number of rotatable bonds is 25. The Balaban J connectivity index is 4.86. The van der Waals surface area contributed by atoms with E-state index in [-0.39, 0.29) is 64.2 Å². The van der Waals surface area contributed by atoms with Crippen LogP contribution in [-0.2, 0) is 24.0 Å². The molecule has 0 bridgehead atoms. The van der Waals surface area contributed by atoms with Gasteiger partial charge in [0.05, 0.1) is 32.7 Å². The second-order valence-corrected chi connectivity index (χ2v) is 9.35. The molecule has 0 saturated heterocycles. The van der Waals surface area contributed by atoms with E-state index in [0.29, 0.717) is 26.1 Å². The largest absolute Gasteiger partial charge is 0.480 e. The number of hydrogen-bond acceptors (Lipinski definition) is 8. The van der Waals surface area contributed by atoms with Crippen LogP contribution in [0.2, 0.25) is 0 Å². The summed E-state index contributed by atoms with van der Waals surface area (Å²) in [5, 5.41) is 33.3. The molecular weight excluding hydrogens is 498 g/mol. The number of nitrogens with zero attached hydrogens (tertiary/aromatic N) is 3. The molecule has 13 nitrogen and oxygen atoms in total. The quantitative estimate of drug-likeness (QED) is 0.0986. The Bertz CT molecular complexity index is 722. The number of amides is 2. The highest BCUT2D eigenvalue weighted by atomic mass is 16.4. The van der Waals surface area contributed by atoms with Gasteiger partial charge in [0.25, 0.3) is 0 Å². The Morgan fingerprint density at radius 2 is 0.868 bits per heavy atom. The van der Waals surface area contributed by atoms with Crippen LogP contribution in [0, 0.1) is 0 Å². The van der Waals surface area contributed by atoms with Crippen LogP contribution >= 0.6 is 0 Å². The van der Waals surface area contributed by atoms with Gasteiger partial charge in [0.15, 0.2) is 0 Å². The molecular formula is C25H47N5O8. The fourth-order valence-corrected chi connectivity index (χ4v) is 3.80. The Labute approximate surface area is 225 Å². The molecule has 0 unspecified atom stereocenters. The summed E-state index contributed by atoms with van der Waals surface area (Å²) in [7, 11) is 0. The zero-order valence-electron chi connectivity index (χ0n) is 23.0. The smallest absolute Gasteiger partial charge is 0.317 e. The highest BCUT2D eigenvalue weighted by Crippen LogP contribution is 2.00. The van der Waals surface area contributed by atoms with Crippen molar-refractivity contribution in [1.29, 1.82) is 0 Å². The van der Waals surface area contributed by atoms with E-state index in [2.05, 4.69) is 24.5 Å². The van der Waals surface area contributed by atoms with Gasteiger partial charge >= 0.3 is 17.9 Å². The Morgan fingerprint density at radius 3 is 1.29 bits per heavy atom. The summed E-state index contributed by atoms with van der Waals surface area (Å²) in [4.78, 5) is 62.8. The van der Waals surface area contributed by atoms with E-state index in [1.54, 1.807) is 4.90 Å². The first kappa shape index (κ1) is 35.2. The standard InChI is InChI=1S/C25H47N5O8/c1-3-5-7-10-26-21(31)16-29(19-24(35)36)13-9-12-28(18-23(33)34)14-15-30(20-25(37)38)17-22(32)27-11-8-6-4-2/h3-20H2,1-2H3,(H,26,31)(H,27,32)(H,33,34)(H,35,36)(H,37,38). The van der Waals surface area contributed by atoms with Gasteiger partial charge in [0.2, 0.25) is 11.8 Å². The number of carbonyl (C=O) groups excluding carboxylic acids is 2. The van der Waals surface area contributed by atoms with Crippen molar-refractivity contribution in [3.63, 3.8) is 0 Å². The van der Waals surface area contributed by atoms with Crippen LogP contribution in [0.15, 0.2) is 0 Å². The summed E-state index contributed by atoms with van der Waals surface area (Å²) in [5.41, 5.74) is 0. The van der Waals surface area contributed by atoms with Gasteiger partial charge in [-0.15, -0.1) is 0 Å². The molecule has 0 aliphatic rings. The predicted molar refractivity (Wildman–Crippen MR) is 142 cm³/mol. The number of carboxylic acids is 3. The molecule has 0 saturated carbocycles. The average Bonchev–Trinajstić information content (AvgIpc) is 2.81. The summed E-state index contributed by atoms with van der Waals surface area (Å²) < 4.78 is 0. The summed E-state index contributed by atoms with van der Waals surface area (Å²) in [5.74, 6) is -3.77. The van der Waals surface area contributed by atoms with Crippen LogP contribution in [-0.4, -0.2) is 132 Å². The molecule has 13 heteroatoms. The van der Waals surface area contributed by atoms with Gasteiger partial charge in [-0.1, -0.05) is 39.5 Å². The number of nitrogens with one attached hydrogen (secondary N) is 2. The minimum atomic E-state index is -1.09. The molecule has 0 rings (SSSR count). The lowest BCUT2D eigenvalue weighted by atomic mass is 10.2. The van der Waals surface area contributed by atoms with Gasteiger partial charge in [-0.05, 0) is 19.3 Å². The van der Waals surface area contributed by atoms with Crippen molar-refractivity contribution in [2.45, 2.75) is 58.8 Å². The predicted octanol–water partition coefficient (Wildman–Crippen LogP) is 0.149. The van der Waals surface area contributed by atoms with Crippen LogP contribution in [0.3, 0.4) is 0 Å². The lowest BCUT2D eigenvalue weighted by Gasteiger charge is -2.26. The topological polar surface area (TPSA) is 180 Å². The van der Waals surface area contributed by atoms with Gasteiger partial charge in [-0.3, -0.25) is 38.7 Å². The molecule has 0 fully saturated rings. The molecule has 0 aromatic heterocycles. The van der Waals surface area contributed by atoms with Crippen molar-refractivity contribution in [2.24, 2.45) is 0 Å². The number of carboxylic acid groups (broad SMARTS) is 3. The van der Waals surface area contributed by atoms with Gasteiger partial charge < -0.3 is 26.0 Å². The minimum absolute atomic E-state index is 0.0723. The van der Waals surface area contributed by atoms with Crippen LogP contribution in [0.1, 0.15) is 58.8 Å². The first-order valence-corrected chi connectivity index (χ1v) is 13.4. The first-order valence-electron chi connectivity index (χ1n) is 13.4. The normalized spacial score (nSPS) is 11.2. The zero-order valence-corrected chi connectivity index (χ0v) is 23.0. The third kappa shape index (κ3) is 21.3. The summed E-state index contributed by atoms with van der Waals surface area (Å²) in [6.45, 7) is 4.94. The van der Waals surface area contributed by atoms with Gasteiger partial charge in [-0.25, -0.2) is 0 Å². The highest BCUT2D eigenvalue weighted by molar-refractivity contribution is 5.79. The third-order valence-corrected chi connectivity index (χ3v) is 5.70. The number of aliphatic carboxylic acids is 3. The van der Waals surface area contributed by atoms with E-state index >= 15 is 0 Å². The SMILES string of the molecule is CCCCCNC(=O)CN(CCCN(CCN(CC(=O)O)CC(=O)NCCCCC)CC(=O)O)CC(=O)O. The van der Waals surface area contributed by atoms with Crippen molar-refractivity contribution in [3.05, 3.63) is 0 Å². The first-order chi connectivity index (χ1) is 18.1. The van der Waals surface area contributed by atoms with Crippen molar-refractivity contribution < 1.29 is 39.3 Å². The van der Waals surface area contributed by atoms with Crippen molar-refractivity contribution in [2.75, 3.05) is 72.0 Å². The maximum atomic E-state index is 12.2.